The highest BCUT2D eigenvalue weighted by molar-refractivity contribution is 6.05. The minimum Gasteiger partial charge on any atom is -0.356 e. The summed E-state index contributed by atoms with van der Waals surface area (Å²) < 4.78 is 0. The van der Waals surface area contributed by atoms with Crippen LogP contribution in [0.25, 0.3) is 11.3 Å². The van der Waals surface area contributed by atoms with Crippen molar-refractivity contribution < 1.29 is 4.79 Å². The molecule has 1 atom stereocenters. The molecule has 28 heavy (non-hydrogen) atoms. The molecule has 0 spiro atoms. The summed E-state index contributed by atoms with van der Waals surface area (Å²) in [5, 5.41) is 10.0. The molecule has 0 radical (unpaired) electrons. The summed E-state index contributed by atoms with van der Waals surface area (Å²) >= 11 is 0. The van der Waals surface area contributed by atoms with Crippen molar-refractivity contribution in [3.63, 3.8) is 0 Å². The van der Waals surface area contributed by atoms with Crippen molar-refractivity contribution in [1.82, 2.24) is 20.2 Å². The Kier molecular flexibility index (Phi) is 4.46. The monoisotopic (exact) mass is 377 g/mol. The van der Waals surface area contributed by atoms with E-state index in [4.69, 9.17) is 0 Å². The number of nitrogens with one attached hydrogen (secondary N) is 2. The van der Waals surface area contributed by atoms with Gasteiger partial charge in [-0.25, -0.2) is 9.97 Å². The Hall–Kier alpha value is -3.42. The molecule has 8 heteroatoms. The molecule has 1 aromatic carbocycles. The summed E-state index contributed by atoms with van der Waals surface area (Å²) in [7, 11) is 1.82. The molecule has 144 valence electrons. The number of fused-ring (bicyclic) bond motifs is 1. The Labute approximate surface area is 163 Å². The van der Waals surface area contributed by atoms with E-state index in [1.807, 2.05) is 38.2 Å². The van der Waals surface area contributed by atoms with E-state index >= 15 is 0 Å². The molecule has 3 heterocycles. The second-order valence-electron chi connectivity index (χ2n) is 7.16. The number of likely N-dealkylation sites (N-methyl/N-ethyl adjacent to an activating group) is 1. The number of benzene rings is 1. The SMILES string of the molecule is CC(C)N1c2cc(Nc3nccc(-c4cn[nH]c4)n3)ccc2N(C)C(=O)C1C. The summed E-state index contributed by atoms with van der Waals surface area (Å²) in [6, 6.07) is 7.76. The van der Waals surface area contributed by atoms with Gasteiger partial charge in [-0.2, -0.15) is 5.10 Å². The first-order valence-corrected chi connectivity index (χ1v) is 9.25. The van der Waals surface area contributed by atoms with Crippen LogP contribution in [0.15, 0.2) is 42.9 Å². The van der Waals surface area contributed by atoms with Gasteiger partial charge in [0.05, 0.1) is 23.3 Å². The van der Waals surface area contributed by atoms with E-state index in [1.165, 1.54) is 0 Å². The van der Waals surface area contributed by atoms with Crippen molar-refractivity contribution in [1.29, 1.82) is 0 Å². The smallest absolute Gasteiger partial charge is 0.249 e. The van der Waals surface area contributed by atoms with Gasteiger partial charge in [0.2, 0.25) is 11.9 Å². The van der Waals surface area contributed by atoms with Gasteiger partial charge in [-0.05, 0) is 45.0 Å². The molecule has 3 aromatic rings. The number of hydrogen-bond acceptors (Lipinski definition) is 6. The molecule has 0 fully saturated rings. The van der Waals surface area contributed by atoms with Crippen LogP contribution in [0, 0.1) is 0 Å². The number of hydrogen-bond donors (Lipinski definition) is 2. The van der Waals surface area contributed by atoms with Crippen molar-refractivity contribution in [2.24, 2.45) is 0 Å². The van der Waals surface area contributed by atoms with Crippen LogP contribution in [-0.2, 0) is 4.79 Å². The minimum absolute atomic E-state index is 0.0954. The van der Waals surface area contributed by atoms with Crippen molar-refractivity contribution in [3.05, 3.63) is 42.9 Å². The van der Waals surface area contributed by atoms with Gasteiger partial charge in [0.25, 0.3) is 0 Å². The standard InChI is InChI=1S/C20H23N7O/c1-12(2)27-13(3)19(28)26(4)17-6-5-15(9-18(17)27)24-20-21-8-7-16(25-20)14-10-22-23-11-14/h5-13H,1-4H3,(H,22,23)(H,21,24,25). The number of rotatable bonds is 4. The molecule has 1 aliphatic heterocycles. The zero-order valence-corrected chi connectivity index (χ0v) is 16.3. The average Bonchev–Trinajstić information content (AvgIpc) is 3.21. The van der Waals surface area contributed by atoms with Crippen molar-refractivity contribution in [3.8, 4) is 11.3 Å². The van der Waals surface area contributed by atoms with Gasteiger partial charge in [0.15, 0.2) is 0 Å². The van der Waals surface area contributed by atoms with Crippen LogP contribution in [0.4, 0.5) is 23.0 Å². The fourth-order valence-corrected chi connectivity index (χ4v) is 3.64. The number of H-pyrrole nitrogens is 1. The molecular formula is C20H23N7O. The topological polar surface area (TPSA) is 90.0 Å². The lowest BCUT2D eigenvalue weighted by molar-refractivity contribution is -0.119. The molecule has 0 saturated heterocycles. The van der Waals surface area contributed by atoms with Crippen LogP contribution in [-0.4, -0.2) is 45.2 Å². The Morgan fingerprint density at radius 2 is 2.04 bits per heavy atom. The van der Waals surface area contributed by atoms with Crippen LogP contribution < -0.4 is 15.1 Å². The molecule has 0 aliphatic carbocycles. The molecule has 4 rings (SSSR count). The van der Waals surface area contributed by atoms with Crippen LogP contribution >= 0.6 is 0 Å². The number of aromatic amines is 1. The lowest BCUT2D eigenvalue weighted by Gasteiger charge is -2.42. The third kappa shape index (κ3) is 3.06. The Morgan fingerprint density at radius 3 is 2.75 bits per heavy atom. The first-order chi connectivity index (χ1) is 13.5. The second-order valence-corrected chi connectivity index (χ2v) is 7.16. The summed E-state index contributed by atoms with van der Waals surface area (Å²) in [5.41, 5.74) is 4.46. The Bertz CT molecular complexity index is 1000. The lowest BCUT2D eigenvalue weighted by atomic mass is 10.0. The Balaban J connectivity index is 1.68. The molecule has 0 bridgehead atoms. The van der Waals surface area contributed by atoms with Crippen LogP contribution in [0.5, 0.6) is 0 Å². The molecular weight excluding hydrogens is 354 g/mol. The zero-order chi connectivity index (χ0) is 19.8. The fourth-order valence-electron chi connectivity index (χ4n) is 3.64. The molecule has 2 aromatic heterocycles. The van der Waals surface area contributed by atoms with Crippen molar-refractivity contribution in [2.45, 2.75) is 32.9 Å². The van der Waals surface area contributed by atoms with Crippen molar-refractivity contribution >= 4 is 28.9 Å². The molecule has 1 amide bonds. The minimum atomic E-state index is -0.214. The number of carbonyl (C=O) groups is 1. The molecule has 0 saturated carbocycles. The van der Waals surface area contributed by atoms with Gasteiger partial charge in [-0.1, -0.05) is 0 Å². The number of anilines is 4. The van der Waals surface area contributed by atoms with E-state index in [-0.39, 0.29) is 18.0 Å². The average molecular weight is 377 g/mol. The molecule has 1 aliphatic rings. The number of carbonyl (C=O) groups excluding carboxylic acids is 1. The largest absolute Gasteiger partial charge is 0.356 e. The van der Waals surface area contributed by atoms with Gasteiger partial charge in [0, 0.05) is 36.7 Å². The van der Waals surface area contributed by atoms with E-state index in [0.29, 0.717) is 5.95 Å². The first kappa shape index (κ1) is 18.0. The predicted octanol–water partition coefficient (Wildman–Crippen LogP) is 3.19. The van der Waals surface area contributed by atoms with Gasteiger partial charge < -0.3 is 15.1 Å². The zero-order valence-electron chi connectivity index (χ0n) is 16.3. The van der Waals surface area contributed by atoms with Crippen LogP contribution in [0.3, 0.4) is 0 Å². The van der Waals surface area contributed by atoms with Gasteiger partial charge in [-0.15, -0.1) is 0 Å². The predicted molar refractivity (Wildman–Crippen MR) is 110 cm³/mol. The van der Waals surface area contributed by atoms with Gasteiger partial charge >= 0.3 is 0 Å². The normalized spacial score (nSPS) is 16.5. The van der Waals surface area contributed by atoms with Gasteiger partial charge in [0.1, 0.15) is 6.04 Å². The number of amides is 1. The van der Waals surface area contributed by atoms with E-state index in [2.05, 4.69) is 44.2 Å². The third-order valence-corrected chi connectivity index (χ3v) is 4.98. The van der Waals surface area contributed by atoms with E-state index in [9.17, 15) is 4.79 Å². The maximum atomic E-state index is 12.6. The summed E-state index contributed by atoms with van der Waals surface area (Å²) in [6.45, 7) is 6.13. The van der Waals surface area contributed by atoms with E-state index in [0.717, 1.165) is 28.3 Å². The highest BCUT2D eigenvalue weighted by Gasteiger charge is 2.34. The third-order valence-electron chi connectivity index (χ3n) is 4.98. The lowest BCUT2D eigenvalue weighted by Crippen LogP contribution is -2.53. The maximum Gasteiger partial charge on any atom is 0.249 e. The summed E-state index contributed by atoms with van der Waals surface area (Å²) in [6.07, 6.45) is 5.23. The van der Waals surface area contributed by atoms with Crippen molar-refractivity contribution in [2.75, 3.05) is 22.2 Å². The first-order valence-electron chi connectivity index (χ1n) is 9.25. The number of aromatic nitrogens is 4. The van der Waals surface area contributed by atoms with Gasteiger partial charge in [-0.3, -0.25) is 9.89 Å². The highest BCUT2D eigenvalue weighted by atomic mass is 16.2. The quantitative estimate of drug-likeness (QED) is 0.726. The fraction of sp³-hybridized carbons (Fsp3) is 0.300. The highest BCUT2D eigenvalue weighted by Crippen LogP contribution is 2.39. The maximum absolute atomic E-state index is 12.6. The second kappa shape index (κ2) is 6.95. The molecule has 2 N–H and O–H groups in total. The molecule has 1 unspecified atom stereocenters. The van der Waals surface area contributed by atoms with E-state index in [1.54, 1.807) is 23.5 Å². The summed E-state index contributed by atoms with van der Waals surface area (Å²) in [5.74, 6) is 0.598. The van der Waals surface area contributed by atoms with Crippen LogP contribution in [0.1, 0.15) is 20.8 Å². The van der Waals surface area contributed by atoms with Crippen LogP contribution in [0.2, 0.25) is 0 Å². The molecule has 8 nitrogen and oxygen atoms in total. The summed E-state index contributed by atoms with van der Waals surface area (Å²) in [4.78, 5) is 25.3. The Morgan fingerprint density at radius 1 is 1.21 bits per heavy atom. The number of nitrogens with zero attached hydrogens (tertiary/aromatic N) is 5. The van der Waals surface area contributed by atoms with E-state index < -0.39 is 0 Å².